The van der Waals surface area contributed by atoms with Crippen molar-refractivity contribution in [1.29, 1.82) is 0 Å². The summed E-state index contributed by atoms with van der Waals surface area (Å²) in [5.41, 5.74) is 1.25. The smallest absolute Gasteiger partial charge is 0.326 e. The molecule has 0 saturated carbocycles. The van der Waals surface area contributed by atoms with Crippen molar-refractivity contribution in [3.05, 3.63) is 59.7 Å². The van der Waals surface area contributed by atoms with Gasteiger partial charge >= 0.3 is 12.2 Å². The van der Waals surface area contributed by atoms with Gasteiger partial charge in [-0.15, -0.1) is 0 Å². The van der Waals surface area contributed by atoms with E-state index < -0.39 is 47.1 Å². The zero-order chi connectivity index (χ0) is 25.8. The number of hydrazone groups is 1. The molecule has 1 saturated heterocycles. The number of nitrogens with zero attached hydrogens (tertiary/aromatic N) is 2. The molecule has 0 unspecified atom stereocenters. The molecule has 13 heteroatoms. The van der Waals surface area contributed by atoms with Crippen molar-refractivity contribution < 1.29 is 37.1 Å². The minimum absolute atomic E-state index is 0.150. The predicted molar refractivity (Wildman–Crippen MR) is 117 cm³/mol. The van der Waals surface area contributed by atoms with Crippen LogP contribution in [0.3, 0.4) is 0 Å². The second-order valence-corrected chi connectivity index (χ2v) is 7.19. The molecule has 0 bridgehead atoms. The minimum Gasteiger partial charge on any atom is -0.326 e. The summed E-state index contributed by atoms with van der Waals surface area (Å²) < 4.78 is 39.0. The lowest BCUT2D eigenvalue weighted by Crippen LogP contribution is -2.58. The van der Waals surface area contributed by atoms with E-state index >= 15 is 0 Å². The van der Waals surface area contributed by atoms with Crippen molar-refractivity contribution in [2.75, 3.05) is 10.2 Å². The number of nitrogens with one attached hydrogen (secondary N) is 3. The number of anilines is 2. The Morgan fingerprint density at radius 3 is 2.43 bits per heavy atom. The molecular formula is C22H18F3N5O5. The van der Waals surface area contributed by atoms with Crippen LogP contribution in [0.25, 0.3) is 0 Å². The van der Waals surface area contributed by atoms with E-state index in [0.717, 1.165) is 24.4 Å². The molecule has 1 heterocycles. The van der Waals surface area contributed by atoms with Crippen LogP contribution in [0.15, 0.2) is 53.6 Å². The van der Waals surface area contributed by atoms with Crippen molar-refractivity contribution >= 4 is 47.2 Å². The average Bonchev–Trinajstić information content (AvgIpc) is 2.81. The summed E-state index contributed by atoms with van der Waals surface area (Å²) in [7, 11) is 0. The van der Waals surface area contributed by atoms with Gasteiger partial charge in [0.15, 0.2) is 5.92 Å². The molecule has 0 spiro atoms. The summed E-state index contributed by atoms with van der Waals surface area (Å²) in [6, 6.07) is 8.04. The molecule has 6 amide bonds. The molecule has 0 aromatic heterocycles. The zero-order valence-electron chi connectivity index (χ0n) is 18.1. The third-order valence-electron chi connectivity index (χ3n) is 4.78. The number of rotatable bonds is 6. The SMILES string of the molecule is CCC(=O)Nc1ccc(C(=O)N/N=C\[C@H]2C(=O)NC(=O)N(c3cccc(C(F)(F)F)c3)C2=O)cc1. The Hall–Kier alpha value is -4.55. The number of carbonyl (C=O) groups excluding carboxylic acids is 5. The molecule has 3 N–H and O–H groups in total. The fraction of sp³-hybridized carbons (Fsp3) is 0.182. The average molecular weight is 489 g/mol. The van der Waals surface area contributed by atoms with Gasteiger partial charge in [-0.2, -0.15) is 18.3 Å². The Balaban J connectivity index is 1.71. The highest BCUT2D eigenvalue weighted by Crippen LogP contribution is 2.32. The second-order valence-electron chi connectivity index (χ2n) is 7.19. The maximum atomic E-state index is 13.0. The molecule has 0 aliphatic carbocycles. The maximum Gasteiger partial charge on any atom is 0.416 e. The number of carbonyl (C=O) groups is 5. The van der Waals surface area contributed by atoms with Gasteiger partial charge in [0.2, 0.25) is 11.8 Å². The van der Waals surface area contributed by atoms with Crippen LogP contribution in [0.1, 0.15) is 29.3 Å². The van der Waals surface area contributed by atoms with Crippen molar-refractivity contribution in [1.82, 2.24) is 10.7 Å². The van der Waals surface area contributed by atoms with E-state index in [9.17, 15) is 37.1 Å². The molecule has 35 heavy (non-hydrogen) atoms. The number of amides is 6. The van der Waals surface area contributed by atoms with Crippen LogP contribution < -0.4 is 21.0 Å². The standard InChI is InChI=1S/C22H18F3N5O5/c1-2-17(31)27-14-8-6-12(7-9-14)18(32)29-26-11-16-19(33)28-21(35)30(20(16)34)15-5-3-4-13(10-15)22(23,24)25/h3-11,16H,2H2,1H3,(H,27,31)(H,29,32)(H,28,33,35)/b26-11-/t16-/m0/s1. The fourth-order valence-electron chi connectivity index (χ4n) is 2.98. The normalized spacial score (nSPS) is 16.3. The van der Waals surface area contributed by atoms with E-state index in [1.54, 1.807) is 6.92 Å². The lowest BCUT2D eigenvalue weighted by atomic mass is 10.1. The van der Waals surface area contributed by atoms with Gasteiger partial charge in [-0.05, 0) is 42.5 Å². The van der Waals surface area contributed by atoms with Crippen LogP contribution in [0.5, 0.6) is 0 Å². The van der Waals surface area contributed by atoms with Crippen molar-refractivity contribution in [2.45, 2.75) is 19.5 Å². The number of alkyl halides is 3. The van der Waals surface area contributed by atoms with Crippen LogP contribution in [0, 0.1) is 5.92 Å². The van der Waals surface area contributed by atoms with Crippen LogP contribution in [0.2, 0.25) is 0 Å². The molecule has 1 atom stereocenters. The Morgan fingerprint density at radius 1 is 1.11 bits per heavy atom. The van der Waals surface area contributed by atoms with E-state index in [1.165, 1.54) is 24.3 Å². The fourth-order valence-corrected chi connectivity index (χ4v) is 2.98. The zero-order valence-corrected chi connectivity index (χ0v) is 18.1. The first-order valence-corrected chi connectivity index (χ1v) is 10.1. The van der Waals surface area contributed by atoms with E-state index in [4.69, 9.17) is 0 Å². The summed E-state index contributed by atoms with van der Waals surface area (Å²) in [5, 5.41) is 8.05. The van der Waals surface area contributed by atoms with Gasteiger partial charge in [-0.1, -0.05) is 13.0 Å². The van der Waals surface area contributed by atoms with Gasteiger partial charge in [0.1, 0.15) is 0 Å². The molecule has 2 aromatic carbocycles. The molecular weight excluding hydrogens is 471 g/mol. The number of hydrogen-bond acceptors (Lipinski definition) is 6. The molecule has 2 aromatic rings. The molecule has 1 fully saturated rings. The number of barbiturate groups is 1. The highest BCUT2D eigenvalue weighted by molar-refractivity contribution is 6.32. The first kappa shape index (κ1) is 25.1. The van der Waals surface area contributed by atoms with Crippen LogP contribution >= 0.6 is 0 Å². The van der Waals surface area contributed by atoms with Gasteiger partial charge in [-0.3, -0.25) is 24.5 Å². The monoisotopic (exact) mass is 489 g/mol. The van der Waals surface area contributed by atoms with Gasteiger partial charge in [0, 0.05) is 23.9 Å². The summed E-state index contributed by atoms with van der Waals surface area (Å²) in [6.07, 6.45) is -3.67. The largest absolute Gasteiger partial charge is 0.416 e. The molecule has 0 radical (unpaired) electrons. The van der Waals surface area contributed by atoms with E-state index in [1.807, 2.05) is 5.32 Å². The number of imide groups is 2. The summed E-state index contributed by atoms with van der Waals surface area (Å²) in [6.45, 7) is 1.68. The third kappa shape index (κ3) is 5.88. The topological polar surface area (TPSA) is 137 Å². The maximum absolute atomic E-state index is 13.0. The van der Waals surface area contributed by atoms with Crippen LogP contribution in [-0.4, -0.2) is 35.9 Å². The highest BCUT2D eigenvalue weighted by Gasteiger charge is 2.41. The summed E-state index contributed by atoms with van der Waals surface area (Å²) in [5.74, 6) is -4.80. The Bertz CT molecular complexity index is 1210. The second kappa shape index (κ2) is 10.2. The third-order valence-corrected chi connectivity index (χ3v) is 4.78. The minimum atomic E-state index is -4.72. The molecule has 3 rings (SSSR count). The van der Waals surface area contributed by atoms with Gasteiger partial charge in [-0.25, -0.2) is 15.1 Å². The molecule has 182 valence electrons. The van der Waals surface area contributed by atoms with Gasteiger partial charge < -0.3 is 5.32 Å². The Morgan fingerprint density at radius 2 is 1.80 bits per heavy atom. The first-order valence-electron chi connectivity index (χ1n) is 10.1. The first-order chi connectivity index (χ1) is 16.5. The number of benzene rings is 2. The van der Waals surface area contributed by atoms with Gasteiger partial charge in [0.05, 0.1) is 11.3 Å². The van der Waals surface area contributed by atoms with E-state index in [-0.39, 0.29) is 17.9 Å². The van der Waals surface area contributed by atoms with E-state index in [2.05, 4.69) is 15.8 Å². The summed E-state index contributed by atoms with van der Waals surface area (Å²) in [4.78, 5) is 61.0. The van der Waals surface area contributed by atoms with Crippen molar-refractivity contribution in [3.63, 3.8) is 0 Å². The number of hydrogen-bond donors (Lipinski definition) is 3. The lowest BCUT2D eigenvalue weighted by molar-refractivity contribution is -0.138. The predicted octanol–water partition coefficient (Wildman–Crippen LogP) is 2.67. The Kier molecular flexibility index (Phi) is 7.28. The summed E-state index contributed by atoms with van der Waals surface area (Å²) >= 11 is 0. The quantitative estimate of drug-likeness (QED) is 0.326. The van der Waals surface area contributed by atoms with E-state index in [0.29, 0.717) is 16.7 Å². The molecule has 1 aliphatic heterocycles. The van der Waals surface area contributed by atoms with Crippen LogP contribution in [0.4, 0.5) is 29.3 Å². The number of halogens is 3. The van der Waals surface area contributed by atoms with Crippen molar-refractivity contribution in [3.8, 4) is 0 Å². The highest BCUT2D eigenvalue weighted by atomic mass is 19.4. The molecule has 1 aliphatic rings. The lowest BCUT2D eigenvalue weighted by Gasteiger charge is -2.28. The van der Waals surface area contributed by atoms with Crippen molar-refractivity contribution in [2.24, 2.45) is 11.0 Å². The number of urea groups is 1. The Labute approximate surface area is 196 Å². The van der Waals surface area contributed by atoms with Crippen LogP contribution in [-0.2, 0) is 20.6 Å². The molecule has 10 nitrogen and oxygen atoms in total. The van der Waals surface area contributed by atoms with Gasteiger partial charge in [0.25, 0.3) is 11.8 Å².